The summed E-state index contributed by atoms with van der Waals surface area (Å²) in [4.78, 5) is 22.4. The molecule has 0 aliphatic rings. The van der Waals surface area contributed by atoms with Crippen molar-refractivity contribution in [2.75, 3.05) is 5.32 Å². The number of aromatic carboxylic acids is 1. The molecule has 2 rings (SSSR count). The molecular formula is C12H7BrFNO4. The Balaban J connectivity index is 2.20. The first-order valence-corrected chi connectivity index (χ1v) is 5.85. The molecule has 0 saturated carbocycles. The van der Waals surface area contributed by atoms with E-state index in [-0.39, 0.29) is 17.0 Å². The molecule has 2 aromatic rings. The van der Waals surface area contributed by atoms with Gasteiger partial charge in [-0.1, -0.05) is 15.9 Å². The average Bonchev–Trinajstić information content (AvgIpc) is 2.83. The van der Waals surface area contributed by atoms with Crippen LogP contribution in [-0.4, -0.2) is 17.0 Å². The monoisotopic (exact) mass is 327 g/mol. The molecule has 0 spiro atoms. The number of carbonyl (C=O) groups excluding carboxylic acids is 1. The summed E-state index contributed by atoms with van der Waals surface area (Å²) in [5.41, 5.74) is -0.187. The molecule has 0 unspecified atom stereocenters. The van der Waals surface area contributed by atoms with Gasteiger partial charge in [-0.05, 0) is 18.2 Å². The Labute approximate surface area is 115 Å². The predicted octanol–water partition coefficient (Wildman–Crippen LogP) is 3.13. The molecule has 0 atom stereocenters. The van der Waals surface area contributed by atoms with E-state index >= 15 is 0 Å². The molecule has 0 radical (unpaired) electrons. The van der Waals surface area contributed by atoms with Crippen LogP contribution in [0.25, 0.3) is 0 Å². The third-order valence-electron chi connectivity index (χ3n) is 2.25. The first-order valence-electron chi connectivity index (χ1n) is 5.05. The van der Waals surface area contributed by atoms with Crippen molar-refractivity contribution >= 4 is 33.5 Å². The van der Waals surface area contributed by atoms with E-state index in [0.717, 1.165) is 12.3 Å². The highest BCUT2D eigenvalue weighted by atomic mass is 79.9. The zero-order valence-corrected chi connectivity index (χ0v) is 10.9. The van der Waals surface area contributed by atoms with E-state index in [2.05, 4.69) is 21.2 Å². The number of carboxylic acid groups (broad SMARTS) is 1. The zero-order valence-electron chi connectivity index (χ0n) is 9.31. The summed E-state index contributed by atoms with van der Waals surface area (Å²) in [6.45, 7) is 0. The van der Waals surface area contributed by atoms with Crippen molar-refractivity contribution in [3.05, 3.63) is 52.1 Å². The number of hydrogen-bond acceptors (Lipinski definition) is 3. The van der Waals surface area contributed by atoms with Crippen LogP contribution in [0.15, 0.2) is 39.4 Å². The minimum Gasteiger partial charge on any atom is -0.478 e. The third-order valence-corrected chi connectivity index (χ3v) is 2.74. The Morgan fingerprint density at radius 1 is 1.32 bits per heavy atom. The Bertz CT molecular complexity index is 653. The van der Waals surface area contributed by atoms with Gasteiger partial charge in [0.1, 0.15) is 12.1 Å². The predicted molar refractivity (Wildman–Crippen MR) is 67.7 cm³/mol. The summed E-state index contributed by atoms with van der Waals surface area (Å²) in [5, 5.41) is 11.0. The van der Waals surface area contributed by atoms with E-state index in [1.54, 1.807) is 0 Å². The smallest absolute Gasteiger partial charge is 0.338 e. The largest absolute Gasteiger partial charge is 0.478 e. The topological polar surface area (TPSA) is 79.5 Å². The molecule has 1 aromatic heterocycles. The van der Waals surface area contributed by atoms with E-state index in [4.69, 9.17) is 9.52 Å². The van der Waals surface area contributed by atoms with Crippen molar-refractivity contribution in [1.29, 1.82) is 0 Å². The van der Waals surface area contributed by atoms with Gasteiger partial charge in [-0.25, -0.2) is 9.18 Å². The van der Waals surface area contributed by atoms with E-state index in [0.29, 0.717) is 4.47 Å². The van der Waals surface area contributed by atoms with Crippen LogP contribution >= 0.6 is 15.9 Å². The average molecular weight is 328 g/mol. The Kier molecular flexibility index (Phi) is 3.66. The fourth-order valence-electron chi connectivity index (χ4n) is 1.34. The molecule has 0 bridgehead atoms. The number of carboxylic acids is 1. The lowest BCUT2D eigenvalue weighted by molar-refractivity contribution is 0.0696. The van der Waals surface area contributed by atoms with E-state index in [1.165, 1.54) is 18.2 Å². The first-order chi connectivity index (χ1) is 8.97. The van der Waals surface area contributed by atoms with Crippen molar-refractivity contribution in [3.8, 4) is 0 Å². The lowest BCUT2D eigenvalue weighted by Crippen LogP contribution is -2.12. The molecule has 7 heteroatoms. The minimum absolute atomic E-state index is 0.0346. The van der Waals surface area contributed by atoms with Crippen LogP contribution < -0.4 is 5.32 Å². The van der Waals surface area contributed by atoms with Gasteiger partial charge in [0.2, 0.25) is 0 Å². The Morgan fingerprint density at radius 2 is 2.05 bits per heavy atom. The van der Waals surface area contributed by atoms with Crippen molar-refractivity contribution in [1.82, 2.24) is 0 Å². The number of halogens is 2. The number of rotatable bonds is 3. The summed E-state index contributed by atoms with van der Waals surface area (Å²) < 4.78 is 18.8. The van der Waals surface area contributed by atoms with Crippen molar-refractivity contribution < 1.29 is 23.5 Å². The van der Waals surface area contributed by atoms with Gasteiger partial charge < -0.3 is 14.8 Å². The highest BCUT2D eigenvalue weighted by Gasteiger charge is 2.16. The maximum Gasteiger partial charge on any atom is 0.338 e. The molecule has 19 heavy (non-hydrogen) atoms. The SMILES string of the molecule is O=C(O)c1coc(C(=O)Nc2cc(Br)ccc2F)c1. The number of furan rings is 1. The molecule has 0 aliphatic carbocycles. The zero-order chi connectivity index (χ0) is 14.0. The summed E-state index contributed by atoms with van der Waals surface area (Å²) in [7, 11) is 0. The number of amides is 1. The first kappa shape index (κ1) is 13.3. The fraction of sp³-hybridized carbons (Fsp3) is 0. The van der Waals surface area contributed by atoms with E-state index in [1.807, 2.05) is 0 Å². The molecule has 0 fully saturated rings. The van der Waals surface area contributed by atoms with E-state index < -0.39 is 17.7 Å². The maximum atomic E-state index is 13.4. The summed E-state index contributed by atoms with van der Waals surface area (Å²) in [6.07, 6.45) is 0.939. The third kappa shape index (κ3) is 3.00. The summed E-state index contributed by atoms with van der Waals surface area (Å²) in [5.74, 6) is -2.76. The second kappa shape index (κ2) is 5.23. The van der Waals surface area contributed by atoms with Gasteiger partial charge in [-0.15, -0.1) is 0 Å². The normalized spacial score (nSPS) is 10.2. The number of nitrogens with one attached hydrogen (secondary N) is 1. The standard InChI is InChI=1S/C12H7BrFNO4/c13-7-1-2-8(14)9(4-7)15-11(16)10-3-6(5-19-10)12(17)18/h1-5H,(H,15,16)(H,17,18). The number of benzene rings is 1. The van der Waals surface area contributed by atoms with Gasteiger partial charge >= 0.3 is 5.97 Å². The van der Waals surface area contributed by atoms with Gasteiger partial charge in [0.15, 0.2) is 5.76 Å². The summed E-state index contributed by atoms with van der Waals surface area (Å²) in [6, 6.07) is 5.12. The number of anilines is 1. The van der Waals surface area contributed by atoms with Crippen LogP contribution in [0, 0.1) is 5.82 Å². The van der Waals surface area contributed by atoms with Crippen LogP contribution in [0.4, 0.5) is 10.1 Å². The van der Waals surface area contributed by atoms with Crippen LogP contribution in [0.5, 0.6) is 0 Å². The van der Waals surface area contributed by atoms with Crippen molar-refractivity contribution in [2.45, 2.75) is 0 Å². The van der Waals surface area contributed by atoms with Gasteiger partial charge in [0, 0.05) is 10.5 Å². The summed E-state index contributed by atoms with van der Waals surface area (Å²) >= 11 is 3.15. The number of hydrogen-bond donors (Lipinski definition) is 2. The second-order valence-corrected chi connectivity index (χ2v) is 4.50. The Morgan fingerprint density at radius 3 is 2.68 bits per heavy atom. The van der Waals surface area contributed by atoms with Crippen molar-refractivity contribution in [2.24, 2.45) is 0 Å². The van der Waals surface area contributed by atoms with Gasteiger partial charge in [-0.3, -0.25) is 4.79 Å². The second-order valence-electron chi connectivity index (χ2n) is 3.58. The quantitative estimate of drug-likeness (QED) is 0.907. The van der Waals surface area contributed by atoms with Crippen molar-refractivity contribution in [3.63, 3.8) is 0 Å². The van der Waals surface area contributed by atoms with E-state index in [9.17, 15) is 14.0 Å². The highest BCUT2D eigenvalue weighted by Crippen LogP contribution is 2.21. The number of carbonyl (C=O) groups is 2. The van der Waals surface area contributed by atoms with Gasteiger partial charge in [0.25, 0.3) is 5.91 Å². The molecule has 1 aromatic carbocycles. The van der Waals surface area contributed by atoms with Crippen LogP contribution in [0.2, 0.25) is 0 Å². The van der Waals surface area contributed by atoms with Gasteiger partial charge in [-0.2, -0.15) is 0 Å². The maximum absolute atomic E-state index is 13.4. The van der Waals surface area contributed by atoms with Crippen LogP contribution in [0.1, 0.15) is 20.9 Å². The van der Waals surface area contributed by atoms with Gasteiger partial charge in [0.05, 0.1) is 11.3 Å². The molecular weight excluding hydrogens is 321 g/mol. The fourth-order valence-corrected chi connectivity index (χ4v) is 1.71. The molecule has 0 aliphatic heterocycles. The molecule has 1 amide bonds. The highest BCUT2D eigenvalue weighted by molar-refractivity contribution is 9.10. The van der Waals surface area contributed by atoms with Crippen LogP contribution in [-0.2, 0) is 0 Å². The molecule has 2 N–H and O–H groups in total. The minimum atomic E-state index is -1.21. The molecule has 98 valence electrons. The Hall–Kier alpha value is -2.15. The lowest BCUT2D eigenvalue weighted by atomic mass is 10.2. The van der Waals surface area contributed by atoms with Crippen LogP contribution in [0.3, 0.4) is 0 Å². The molecule has 1 heterocycles. The molecule has 5 nitrogen and oxygen atoms in total. The lowest BCUT2D eigenvalue weighted by Gasteiger charge is -2.04. The molecule has 0 saturated heterocycles.